The molecule has 5 heteroatoms. The fourth-order valence-corrected chi connectivity index (χ4v) is 1.94. The van der Waals surface area contributed by atoms with E-state index >= 15 is 0 Å². The Morgan fingerprint density at radius 2 is 2.21 bits per heavy atom. The summed E-state index contributed by atoms with van der Waals surface area (Å²) in [5.74, 6) is 0.525. The van der Waals surface area contributed by atoms with Crippen LogP contribution in [0, 0.1) is 0 Å². The van der Waals surface area contributed by atoms with E-state index in [9.17, 15) is 5.11 Å². The molecule has 76 valence electrons. The maximum absolute atomic E-state index is 9.64. The van der Waals surface area contributed by atoms with Crippen molar-refractivity contribution in [2.75, 3.05) is 13.1 Å². The average molecular weight is 279 g/mol. The van der Waals surface area contributed by atoms with Gasteiger partial charge >= 0.3 is 0 Å². The maximum atomic E-state index is 9.64. The summed E-state index contributed by atoms with van der Waals surface area (Å²) in [5.41, 5.74) is 0. The molecule has 0 spiro atoms. The van der Waals surface area contributed by atoms with Gasteiger partial charge in [0.1, 0.15) is 6.10 Å². The second kappa shape index (κ2) is 3.96. The minimum absolute atomic E-state index is 0.0984. The highest BCUT2D eigenvalue weighted by Gasteiger charge is 2.20. The van der Waals surface area contributed by atoms with Crippen molar-refractivity contribution in [1.82, 2.24) is 5.32 Å². The Hall–Kier alpha value is -0.450. The van der Waals surface area contributed by atoms with Gasteiger partial charge in [0.15, 0.2) is 11.5 Å². The summed E-state index contributed by atoms with van der Waals surface area (Å²) in [5, 5.41) is 13.3. The third kappa shape index (κ3) is 1.97. The van der Waals surface area contributed by atoms with Crippen molar-refractivity contribution in [3.05, 3.63) is 21.6 Å². The molecule has 2 N–H and O–H groups in total. The van der Waals surface area contributed by atoms with E-state index in [0.717, 1.165) is 13.1 Å². The molecule has 1 aliphatic heterocycles. The van der Waals surface area contributed by atoms with E-state index in [1.807, 2.05) is 0 Å². The van der Waals surface area contributed by atoms with E-state index in [1.54, 1.807) is 12.1 Å². The summed E-state index contributed by atoms with van der Waals surface area (Å²) >= 11 is 9.03. The summed E-state index contributed by atoms with van der Waals surface area (Å²) in [6, 6.07) is 3.24. The highest BCUT2D eigenvalue weighted by Crippen LogP contribution is 2.37. The normalized spacial score (nSPS) is 16.4. The number of aromatic hydroxyl groups is 1. The summed E-state index contributed by atoms with van der Waals surface area (Å²) in [6.45, 7) is 1.62. The number of rotatable bonds is 2. The van der Waals surface area contributed by atoms with Crippen LogP contribution in [0.5, 0.6) is 11.5 Å². The summed E-state index contributed by atoms with van der Waals surface area (Å²) < 4.78 is 6.06. The SMILES string of the molecule is Oc1c(Br)cc(Cl)cc1OC1CNC1. The van der Waals surface area contributed by atoms with Gasteiger partial charge < -0.3 is 15.2 Å². The lowest BCUT2D eigenvalue weighted by molar-refractivity contribution is 0.137. The number of nitrogens with one attached hydrogen (secondary N) is 1. The predicted octanol–water partition coefficient (Wildman–Crippen LogP) is 2.16. The molecule has 0 aromatic heterocycles. The van der Waals surface area contributed by atoms with Crippen molar-refractivity contribution in [1.29, 1.82) is 0 Å². The topological polar surface area (TPSA) is 41.5 Å². The molecule has 0 saturated carbocycles. The molecule has 1 heterocycles. The van der Waals surface area contributed by atoms with Crippen LogP contribution in [0.4, 0.5) is 0 Å². The summed E-state index contributed by atoms with van der Waals surface area (Å²) in [7, 11) is 0. The zero-order chi connectivity index (χ0) is 10.1. The quantitative estimate of drug-likeness (QED) is 0.871. The molecule has 1 aromatic rings. The molecule has 0 amide bonds. The third-order valence-electron chi connectivity index (χ3n) is 2.03. The lowest BCUT2D eigenvalue weighted by atomic mass is 10.2. The first kappa shape index (κ1) is 10.1. The van der Waals surface area contributed by atoms with Gasteiger partial charge in [-0.05, 0) is 22.0 Å². The number of ether oxygens (including phenoxy) is 1. The Bertz CT molecular complexity index is 355. The molecule has 0 radical (unpaired) electrons. The van der Waals surface area contributed by atoms with Crippen LogP contribution < -0.4 is 10.1 Å². The molecule has 0 bridgehead atoms. The second-order valence-corrected chi connectivity index (χ2v) is 4.42. The van der Waals surface area contributed by atoms with Crippen LogP contribution >= 0.6 is 27.5 Å². The molecule has 1 aromatic carbocycles. The molecular formula is C9H9BrClNO2. The monoisotopic (exact) mass is 277 g/mol. The van der Waals surface area contributed by atoms with Crippen LogP contribution in [0.2, 0.25) is 5.02 Å². The van der Waals surface area contributed by atoms with Gasteiger partial charge in [0.05, 0.1) is 4.47 Å². The minimum Gasteiger partial charge on any atom is -0.503 e. The highest BCUT2D eigenvalue weighted by molar-refractivity contribution is 9.10. The summed E-state index contributed by atoms with van der Waals surface area (Å²) in [4.78, 5) is 0. The van der Waals surface area contributed by atoms with E-state index in [0.29, 0.717) is 15.2 Å². The van der Waals surface area contributed by atoms with Crippen LogP contribution in [-0.2, 0) is 0 Å². The van der Waals surface area contributed by atoms with E-state index in [-0.39, 0.29) is 11.9 Å². The number of hydrogen-bond acceptors (Lipinski definition) is 3. The van der Waals surface area contributed by atoms with Crippen molar-refractivity contribution >= 4 is 27.5 Å². The van der Waals surface area contributed by atoms with E-state index in [2.05, 4.69) is 21.2 Å². The van der Waals surface area contributed by atoms with Crippen molar-refractivity contribution in [2.24, 2.45) is 0 Å². The highest BCUT2D eigenvalue weighted by atomic mass is 79.9. The van der Waals surface area contributed by atoms with E-state index in [4.69, 9.17) is 16.3 Å². The minimum atomic E-state index is 0.0984. The third-order valence-corrected chi connectivity index (χ3v) is 2.85. The zero-order valence-electron chi connectivity index (χ0n) is 7.26. The molecule has 2 rings (SSSR count). The van der Waals surface area contributed by atoms with Gasteiger partial charge in [0, 0.05) is 24.2 Å². The number of benzene rings is 1. The first-order chi connectivity index (χ1) is 6.66. The molecule has 0 atom stereocenters. The van der Waals surface area contributed by atoms with Gasteiger partial charge in [-0.3, -0.25) is 0 Å². The Kier molecular flexibility index (Phi) is 2.85. The standard InChI is InChI=1S/C9H9BrClNO2/c10-7-1-5(11)2-8(9(7)13)14-6-3-12-4-6/h1-2,6,12-13H,3-4H2. The van der Waals surface area contributed by atoms with Gasteiger partial charge in [-0.15, -0.1) is 0 Å². The molecule has 1 aliphatic rings. The Morgan fingerprint density at radius 3 is 2.79 bits per heavy atom. The van der Waals surface area contributed by atoms with Crippen molar-refractivity contribution in [2.45, 2.75) is 6.10 Å². The predicted molar refractivity (Wildman–Crippen MR) is 58.1 cm³/mol. The fourth-order valence-electron chi connectivity index (χ4n) is 1.16. The van der Waals surface area contributed by atoms with Crippen molar-refractivity contribution in [3.8, 4) is 11.5 Å². The number of phenolic OH excluding ortho intramolecular Hbond substituents is 1. The molecule has 3 nitrogen and oxygen atoms in total. The van der Waals surface area contributed by atoms with Crippen LogP contribution in [0.3, 0.4) is 0 Å². The van der Waals surface area contributed by atoms with Crippen molar-refractivity contribution in [3.63, 3.8) is 0 Å². The van der Waals surface area contributed by atoms with Crippen molar-refractivity contribution < 1.29 is 9.84 Å². The van der Waals surface area contributed by atoms with Gasteiger partial charge in [-0.1, -0.05) is 11.6 Å². The lowest BCUT2D eigenvalue weighted by Gasteiger charge is -2.28. The Morgan fingerprint density at radius 1 is 1.50 bits per heavy atom. The van der Waals surface area contributed by atoms with Gasteiger partial charge in [0.25, 0.3) is 0 Å². The average Bonchev–Trinajstić information content (AvgIpc) is 2.05. The molecule has 14 heavy (non-hydrogen) atoms. The lowest BCUT2D eigenvalue weighted by Crippen LogP contribution is -2.50. The summed E-state index contributed by atoms with van der Waals surface area (Å²) in [6.07, 6.45) is 0.131. The second-order valence-electron chi connectivity index (χ2n) is 3.13. The van der Waals surface area contributed by atoms with Crippen LogP contribution in [0.1, 0.15) is 0 Å². The number of hydrogen-bond donors (Lipinski definition) is 2. The maximum Gasteiger partial charge on any atom is 0.172 e. The van der Waals surface area contributed by atoms with E-state index in [1.165, 1.54) is 0 Å². The first-order valence-electron chi connectivity index (χ1n) is 4.22. The first-order valence-corrected chi connectivity index (χ1v) is 5.39. The van der Waals surface area contributed by atoms with Gasteiger partial charge in [-0.25, -0.2) is 0 Å². The van der Waals surface area contributed by atoms with Crippen LogP contribution in [-0.4, -0.2) is 24.3 Å². The van der Waals surface area contributed by atoms with Crippen LogP contribution in [0.25, 0.3) is 0 Å². The molecule has 1 fully saturated rings. The zero-order valence-corrected chi connectivity index (χ0v) is 9.60. The van der Waals surface area contributed by atoms with Gasteiger partial charge in [0.2, 0.25) is 0 Å². The molecular weight excluding hydrogens is 269 g/mol. The Balaban J connectivity index is 2.22. The fraction of sp³-hybridized carbons (Fsp3) is 0.333. The Labute approximate surface area is 95.1 Å². The largest absolute Gasteiger partial charge is 0.503 e. The molecule has 0 aliphatic carbocycles. The van der Waals surface area contributed by atoms with Gasteiger partial charge in [-0.2, -0.15) is 0 Å². The smallest absolute Gasteiger partial charge is 0.172 e. The molecule has 0 unspecified atom stereocenters. The van der Waals surface area contributed by atoms with Crippen LogP contribution in [0.15, 0.2) is 16.6 Å². The molecule has 1 saturated heterocycles. The van der Waals surface area contributed by atoms with E-state index < -0.39 is 0 Å². The number of phenols is 1. The number of halogens is 2.